The first-order valence-corrected chi connectivity index (χ1v) is 8.96. The van der Waals surface area contributed by atoms with Crippen LogP contribution in [0.1, 0.15) is 23.0 Å². The van der Waals surface area contributed by atoms with Gasteiger partial charge in [0.1, 0.15) is 11.3 Å². The summed E-state index contributed by atoms with van der Waals surface area (Å²) in [5.41, 5.74) is 2.43. The molecule has 2 aromatic heterocycles. The highest BCUT2D eigenvalue weighted by molar-refractivity contribution is 6.42. The van der Waals surface area contributed by atoms with E-state index in [9.17, 15) is 4.79 Å². The maximum Gasteiger partial charge on any atom is 0.270 e. The van der Waals surface area contributed by atoms with Crippen LogP contribution in [0.5, 0.6) is 0 Å². The van der Waals surface area contributed by atoms with Crippen LogP contribution >= 0.6 is 23.2 Å². The third kappa shape index (κ3) is 3.00. The fourth-order valence-electron chi connectivity index (χ4n) is 3.27. The summed E-state index contributed by atoms with van der Waals surface area (Å²) in [6.45, 7) is 4.28. The summed E-state index contributed by atoms with van der Waals surface area (Å²) in [5.74, 6) is 0.617. The molecule has 1 saturated heterocycles. The molecule has 3 aromatic rings. The number of halogens is 2. The van der Waals surface area contributed by atoms with Gasteiger partial charge in [-0.05, 0) is 41.8 Å². The highest BCUT2D eigenvalue weighted by Gasteiger charge is 2.30. The molecule has 0 unspecified atom stereocenters. The Kier molecular flexibility index (Phi) is 4.18. The quantitative estimate of drug-likeness (QED) is 0.678. The van der Waals surface area contributed by atoms with Crippen molar-refractivity contribution in [1.82, 2.24) is 14.5 Å². The van der Waals surface area contributed by atoms with Crippen LogP contribution in [0.4, 0.5) is 0 Å². The maximum atomic E-state index is 12.9. The molecule has 1 aromatic carbocycles. The Bertz CT molecular complexity index is 960. The summed E-state index contributed by atoms with van der Waals surface area (Å²) < 4.78 is 1.96. The Labute approximate surface area is 156 Å². The lowest BCUT2D eigenvalue weighted by atomic mass is 10.0. The second-order valence-corrected chi connectivity index (χ2v) is 7.41. The minimum atomic E-state index is 0.0520. The Morgan fingerprint density at radius 1 is 1.20 bits per heavy atom. The molecule has 1 fully saturated rings. The van der Waals surface area contributed by atoms with Crippen molar-refractivity contribution in [3.63, 3.8) is 0 Å². The van der Waals surface area contributed by atoms with Crippen molar-refractivity contribution in [3.8, 4) is 0 Å². The molecular formula is C19H17Cl2N3O. The lowest BCUT2D eigenvalue weighted by Crippen LogP contribution is -2.49. The highest BCUT2D eigenvalue weighted by atomic mass is 35.5. The highest BCUT2D eigenvalue weighted by Crippen LogP contribution is 2.26. The van der Waals surface area contributed by atoms with E-state index in [4.69, 9.17) is 23.2 Å². The maximum absolute atomic E-state index is 12.9. The minimum Gasteiger partial charge on any atom is -0.337 e. The predicted octanol–water partition coefficient (Wildman–Crippen LogP) is 4.48. The van der Waals surface area contributed by atoms with Gasteiger partial charge in [0.2, 0.25) is 0 Å². The SMILES string of the molecule is CC1CN(C(=O)c2cc3cccnc3n2Cc2ccc(Cl)c(Cl)c2)C1. The van der Waals surface area contributed by atoms with Crippen molar-refractivity contribution < 1.29 is 4.79 Å². The zero-order valence-corrected chi connectivity index (χ0v) is 15.3. The monoisotopic (exact) mass is 373 g/mol. The fourth-order valence-corrected chi connectivity index (χ4v) is 3.59. The van der Waals surface area contributed by atoms with Crippen molar-refractivity contribution in [2.24, 2.45) is 5.92 Å². The lowest BCUT2D eigenvalue weighted by Gasteiger charge is -2.37. The molecule has 3 heterocycles. The average molecular weight is 374 g/mol. The molecule has 128 valence electrons. The van der Waals surface area contributed by atoms with Gasteiger partial charge in [0.05, 0.1) is 10.0 Å². The van der Waals surface area contributed by atoms with Gasteiger partial charge < -0.3 is 9.47 Å². The number of carbonyl (C=O) groups is 1. The van der Waals surface area contributed by atoms with Gasteiger partial charge in [0, 0.05) is 31.2 Å². The summed E-state index contributed by atoms with van der Waals surface area (Å²) in [6, 6.07) is 11.3. The van der Waals surface area contributed by atoms with Gasteiger partial charge in [-0.2, -0.15) is 0 Å². The molecule has 1 aliphatic heterocycles. The lowest BCUT2D eigenvalue weighted by molar-refractivity contribution is 0.0520. The van der Waals surface area contributed by atoms with E-state index in [0.717, 1.165) is 29.7 Å². The molecule has 0 aliphatic carbocycles. The first kappa shape index (κ1) is 16.4. The summed E-state index contributed by atoms with van der Waals surface area (Å²) in [5, 5.41) is 1.99. The molecule has 1 amide bonds. The van der Waals surface area contributed by atoms with Crippen LogP contribution in [0.2, 0.25) is 10.0 Å². The number of hydrogen-bond acceptors (Lipinski definition) is 2. The van der Waals surface area contributed by atoms with Crippen LogP contribution < -0.4 is 0 Å². The van der Waals surface area contributed by atoms with Crippen molar-refractivity contribution in [2.75, 3.05) is 13.1 Å². The van der Waals surface area contributed by atoms with Crippen LogP contribution in [0.25, 0.3) is 11.0 Å². The van der Waals surface area contributed by atoms with E-state index in [-0.39, 0.29) is 5.91 Å². The number of aromatic nitrogens is 2. The third-order valence-corrected chi connectivity index (χ3v) is 5.29. The van der Waals surface area contributed by atoms with E-state index in [0.29, 0.717) is 28.2 Å². The Morgan fingerprint density at radius 3 is 2.72 bits per heavy atom. The van der Waals surface area contributed by atoms with Crippen molar-refractivity contribution in [3.05, 3.63) is 63.9 Å². The molecular weight excluding hydrogens is 357 g/mol. The largest absolute Gasteiger partial charge is 0.337 e. The van der Waals surface area contributed by atoms with E-state index in [1.54, 1.807) is 12.3 Å². The molecule has 0 atom stereocenters. The molecule has 0 radical (unpaired) electrons. The normalized spacial score (nSPS) is 14.8. The molecule has 1 aliphatic rings. The third-order valence-electron chi connectivity index (χ3n) is 4.55. The first-order chi connectivity index (χ1) is 12.0. The van der Waals surface area contributed by atoms with Gasteiger partial charge in [0.15, 0.2) is 0 Å². The number of benzene rings is 1. The summed E-state index contributed by atoms with van der Waals surface area (Å²) in [7, 11) is 0. The summed E-state index contributed by atoms with van der Waals surface area (Å²) in [4.78, 5) is 19.3. The number of nitrogens with zero attached hydrogens (tertiary/aromatic N) is 3. The smallest absolute Gasteiger partial charge is 0.270 e. The van der Waals surface area contributed by atoms with Gasteiger partial charge in [-0.1, -0.05) is 36.2 Å². The number of carbonyl (C=O) groups excluding carboxylic acids is 1. The molecule has 25 heavy (non-hydrogen) atoms. The molecule has 4 rings (SSSR count). The van der Waals surface area contributed by atoms with Gasteiger partial charge in [-0.15, -0.1) is 0 Å². The molecule has 0 spiro atoms. The summed E-state index contributed by atoms with van der Waals surface area (Å²) >= 11 is 12.1. The number of fused-ring (bicyclic) bond motifs is 1. The number of likely N-dealkylation sites (tertiary alicyclic amines) is 1. The van der Waals surface area contributed by atoms with Crippen LogP contribution in [-0.2, 0) is 6.54 Å². The second-order valence-electron chi connectivity index (χ2n) is 6.60. The molecule has 6 heteroatoms. The Balaban J connectivity index is 1.76. The molecule has 4 nitrogen and oxygen atoms in total. The van der Waals surface area contributed by atoms with E-state index < -0.39 is 0 Å². The van der Waals surface area contributed by atoms with E-state index in [2.05, 4.69) is 11.9 Å². The number of hydrogen-bond donors (Lipinski definition) is 0. The molecule has 0 saturated carbocycles. The fraction of sp³-hybridized carbons (Fsp3) is 0.263. The predicted molar refractivity (Wildman–Crippen MR) is 100 cm³/mol. The van der Waals surface area contributed by atoms with E-state index in [1.807, 2.05) is 39.8 Å². The zero-order chi connectivity index (χ0) is 17.6. The standard InChI is InChI=1S/C19H17Cl2N3O/c1-12-9-23(10-12)19(25)17-8-14-3-2-6-22-18(14)24(17)11-13-4-5-15(20)16(21)7-13/h2-8,12H,9-11H2,1H3. The van der Waals surface area contributed by atoms with Gasteiger partial charge in [-0.25, -0.2) is 4.98 Å². The van der Waals surface area contributed by atoms with Crippen LogP contribution in [0.3, 0.4) is 0 Å². The summed E-state index contributed by atoms with van der Waals surface area (Å²) in [6.07, 6.45) is 1.74. The first-order valence-electron chi connectivity index (χ1n) is 8.20. The Morgan fingerprint density at radius 2 is 2.00 bits per heavy atom. The number of amides is 1. The topological polar surface area (TPSA) is 38.1 Å². The van der Waals surface area contributed by atoms with Crippen molar-refractivity contribution in [2.45, 2.75) is 13.5 Å². The number of pyridine rings is 1. The van der Waals surface area contributed by atoms with Crippen LogP contribution in [0.15, 0.2) is 42.6 Å². The van der Waals surface area contributed by atoms with Gasteiger partial charge in [0.25, 0.3) is 5.91 Å². The van der Waals surface area contributed by atoms with Crippen LogP contribution in [0, 0.1) is 5.92 Å². The van der Waals surface area contributed by atoms with Crippen molar-refractivity contribution >= 4 is 40.1 Å². The average Bonchev–Trinajstić information content (AvgIpc) is 2.93. The molecule has 0 bridgehead atoms. The van der Waals surface area contributed by atoms with Crippen molar-refractivity contribution in [1.29, 1.82) is 0 Å². The zero-order valence-electron chi connectivity index (χ0n) is 13.7. The van der Waals surface area contributed by atoms with E-state index in [1.165, 1.54) is 0 Å². The van der Waals surface area contributed by atoms with Gasteiger partial charge >= 0.3 is 0 Å². The molecule has 0 N–H and O–H groups in total. The number of rotatable bonds is 3. The van der Waals surface area contributed by atoms with E-state index >= 15 is 0 Å². The second kappa shape index (κ2) is 6.36. The van der Waals surface area contributed by atoms with Gasteiger partial charge in [-0.3, -0.25) is 4.79 Å². The van der Waals surface area contributed by atoms with Crippen LogP contribution in [-0.4, -0.2) is 33.4 Å². The Hall–Kier alpha value is -2.04. The minimum absolute atomic E-state index is 0.0520.